The van der Waals surface area contributed by atoms with Crippen LogP contribution >= 0.6 is 11.3 Å². The van der Waals surface area contributed by atoms with Crippen LogP contribution in [0.5, 0.6) is 5.75 Å². The smallest absolute Gasteiger partial charge is 0.243 e. The first-order valence-electron chi connectivity index (χ1n) is 7.85. The molecular formula is C18H23N3O3S. The Balaban J connectivity index is 1.80. The third-order valence-electron chi connectivity index (χ3n) is 3.60. The molecule has 2 aromatic rings. The molecule has 0 aliphatic rings. The van der Waals surface area contributed by atoms with E-state index in [0.717, 1.165) is 0 Å². The minimum Gasteiger partial charge on any atom is -0.497 e. The van der Waals surface area contributed by atoms with Crippen LogP contribution in [0.15, 0.2) is 41.1 Å². The van der Waals surface area contributed by atoms with Crippen molar-refractivity contribution in [2.45, 2.75) is 6.54 Å². The molecule has 0 fully saturated rings. The van der Waals surface area contributed by atoms with E-state index in [0.29, 0.717) is 18.0 Å². The molecular weight excluding hydrogens is 338 g/mol. The van der Waals surface area contributed by atoms with Gasteiger partial charge in [0.05, 0.1) is 20.2 Å². The Hall–Kier alpha value is -2.38. The van der Waals surface area contributed by atoms with Crippen molar-refractivity contribution in [2.24, 2.45) is 0 Å². The monoisotopic (exact) mass is 361 g/mol. The second kappa shape index (κ2) is 9.19. The number of likely N-dealkylation sites (N-methyl/N-ethyl adjacent to an activating group) is 2. The maximum absolute atomic E-state index is 12.3. The number of carbonyl (C=O) groups is 2. The summed E-state index contributed by atoms with van der Waals surface area (Å²) in [6.07, 6.45) is 0. The van der Waals surface area contributed by atoms with E-state index in [-0.39, 0.29) is 24.9 Å². The standard InChI is InChI=1S/C18H23N3O3S/c1-20(10-14-7-8-25-13-14)12-18(23)21(2)11-17(22)19-15-5-4-6-16(9-15)24-3/h4-9,13H,10-12H2,1-3H3,(H,19,22). The quantitative estimate of drug-likeness (QED) is 0.784. The summed E-state index contributed by atoms with van der Waals surface area (Å²) in [6, 6.07) is 9.14. The molecule has 0 saturated carbocycles. The van der Waals surface area contributed by atoms with Crippen molar-refractivity contribution in [2.75, 3.05) is 39.6 Å². The fourth-order valence-electron chi connectivity index (χ4n) is 2.31. The number of carbonyl (C=O) groups excluding carboxylic acids is 2. The number of hydrogen-bond acceptors (Lipinski definition) is 5. The number of rotatable bonds is 8. The summed E-state index contributed by atoms with van der Waals surface area (Å²) >= 11 is 1.63. The van der Waals surface area contributed by atoms with Crippen LogP contribution < -0.4 is 10.1 Å². The molecule has 2 rings (SSSR count). The summed E-state index contributed by atoms with van der Waals surface area (Å²) in [7, 11) is 5.09. The van der Waals surface area contributed by atoms with Gasteiger partial charge in [0, 0.05) is 25.3 Å². The van der Waals surface area contributed by atoms with Crippen LogP contribution in [0.25, 0.3) is 0 Å². The maximum atomic E-state index is 12.3. The Bertz CT molecular complexity index is 703. The molecule has 1 aromatic carbocycles. The van der Waals surface area contributed by atoms with E-state index in [4.69, 9.17) is 4.74 Å². The third kappa shape index (κ3) is 6.21. The van der Waals surface area contributed by atoms with Gasteiger partial charge in [0.25, 0.3) is 0 Å². The lowest BCUT2D eigenvalue weighted by molar-refractivity contribution is -0.134. The fraction of sp³-hybridized carbons (Fsp3) is 0.333. The molecule has 2 amide bonds. The van der Waals surface area contributed by atoms with Gasteiger partial charge in [-0.1, -0.05) is 6.07 Å². The molecule has 0 aliphatic carbocycles. The number of methoxy groups -OCH3 is 1. The highest BCUT2D eigenvalue weighted by atomic mass is 32.1. The molecule has 25 heavy (non-hydrogen) atoms. The molecule has 1 aromatic heterocycles. The number of thiophene rings is 1. The Morgan fingerprint density at radius 2 is 2.00 bits per heavy atom. The van der Waals surface area contributed by atoms with Gasteiger partial charge in [0.1, 0.15) is 5.75 Å². The Morgan fingerprint density at radius 1 is 1.20 bits per heavy atom. The SMILES string of the molecule is COc1cccc(NC(=O)CN(C)C(=O)CN(C)Cc2ccsc2)c1. The van der Waals surface area contributed by atoms with Crippen LogP contribution in [-0.2, 0) is 16.1 Å². The summed E-state index contributed by atoms with van der Waals surface area (Å²) < 4.78 is 5.12. The number of nitrogens with zero attached hydrogens (tertiary/aromatic N) is 2. The van der Waals surface area contributed by atoms with E-state index in [1.54, 1.807) is 49.8 Å². The van der Waals surface area contributed by atoms with Crippen LogP contribution in [0.3, 0.4) is 0 Å². The Labute approximate surface area is 152 Å². The van der Waals surface area contributed by atoms with Crippen LogP contribution in [-0.4, -0.2) is 55.9 Å². The number of hydrogen-bond donors (Lipinski definition) is 1. The number of ether oxygens (including phenoxy) is 1. The van der Waals surface area contributed by atoms with Gasteiger partial charge in [-0.15, -0.1) is 0 Å². The summed E-state index contributed by atoms with van der Waals surface area (Å²) in [4.78, 5) is 27.7. The molecule has 0 atom stereocenters. The van der Waals surface area contributed by atoms with Gasteiger partial charge in [0.2, 0.25) is 11.8 Å². The van der Waals surface area contributed by atoms with Gasteiger partial charge in [-0.05, 0) is 41.6 Å². The summed E-state index contributed by atoms with van der Waals surface area (Å²) in [6.45, 7) is 0.972. The molecule has 0 aliphatic heterocycles. The highest BCUT2D eigenvalue weighted by Crippen LogP contribution is 2.16. The molecule has 134 valence electrons. The molecule has 0 bridgehead atoms. The van der Waals surface area contributed by atoms with Gasteiger partial charge >= 0.3 is 0 Å². The lowest BCUT2D eigenvalue weighted by Crippen LogP contribution is -2.40. The molecule has 0 saturated heterocycles. The van der Waals surface area contributed by atoms with E-state index >= 15 is 0 Å². The first-order chi connectivity index (χ1) is 12.0. The number of anilines is 1. The van der Waals surface area contributed by atoms with Gasteiger partial charge < -0.3 is 15.0 Å². The largest absolute Gasteiger partial charge is 0.497 e. The van der Waals surface area contributed by atoms with Gasteiger partial charge in [0.15, 0.2) is 0 Å². The van der Waals surface area contributed by atoms with Crippen LogP contribution in [0.4, 0.5) is 5.69 Å². The predicted molar refractivity (Wildman–Crippen MR) is 99.9 cm³/mol. The molecule has 6 nitrogen and oxygen atoms in total. The van der Waals surface area contributed by atoms with Crippen molar-refractivity contribution >= 4 is 28.8 Å². The van der Waals surface area contributed by atoms with Crippen molar-refractivity contribution in [1.82, 2.24) is 9.80 Å². The molecule has 0 spiro atoms. The number of nitrogens with one attached hydrogen (secondary N) is 1. The average Bonchev–Trinajstić information content (AvgIpc) is 3.07. The molecule has 1 heterocycles. The number of amides is 2. The van der Waals surface area contributed by atoms with Crippen molar-refractivity contribution in [3.05, 3.63) is 46.7 Å². The molecule has 1 N–H and O–H groups in total. The van der Waals surface area contributed by atoms with Gasteiger partial charge in [-0.3, -0.25) is 14.5 Å². The predicted octanol–water partition coefficient (Wildman–Crippen LogP) is 2.29. The summed E-state index contributed by atoms with van der Waals surface area (Å²) in [5.74, 6) is 0.320. The van der Waals surface area contributed by atoms with Crippen molar-refractivity contribution in [3.63, 3.8) is 0 Å². The fourth-order valence-corrected chi connectivity index (χ4v) is 2.97. The highest BCUT2D eigenvalue weighted by molar-refractivity contribution is 7.07. The van der Waals surface area contributed by atoms with Crippen molar-refractivity contribution < 1.29 is 14.3 Å². The lowest BCUT2D eigenvalue weighted by atomic mass is 10.3. The average molecular weight is 361 g/mol. The molecule has 7 heteroatoms. The zero-order chi connectivity index (χ0) is 18.2. The van der Waals surface area contributed by atoms with Crippen molar-refractivity contribution in [1.29, 1.82) is 0 Å². The highest BCUT2D eigenvalue weighted by Gasteiger charge is 2.15. The van der Waals surface area contributed by atoms with E-state index < -0.39 is 0 Å². The molecule has 0 radical (unpaired) electrons. The van der Waals surface area contributed by atoms with Crippen LogP contribution in [0.1, 0.15) is 5.56 Å². The Morgan fingerprint density at radius 3 is 2.68 bits per heavy atom. The lowest BCUT2D eigenvalue weighted by Gasteiger charge is -2.21. The topological polar surface area (TPSA) is 61.9 Å². The van der Waals surface area contributed by atoms with Crippen molar-refractivity contribution in [3.8, 4) is 5.75 Å². The van der Waals surface area contributed by atoms with E-state index in [1.807, 2.05) is 23.4 Å². The second-order valence-electron chi connectivity index (χ2n) is 5.83. The summed E-state index contributed by atoms with van der Waals surface area (Å²) in [5.41, 5.74) is 1.82. The normalized spacial score (nSPS) is 10.6. The van der Waals surface area contributed by atoms with E-state index in [9.17, 15) is 9.59 Å². The van der Waals surface area contributed by atoms with E-state index in [2.05, 4.69) is 10.7 Å². The van der Waals surface area contributed by atoms with Crippen LogP contribution in [0, 0.1) is 0 Å². The maximum Gasteiger partial charge on any atom is 0.243 e. The summed E-state index contributed by atoms with van der Waals surface area (Å²) in [5, 5.41) is 6.84. The second-order valence-corrected chi connectivity index (χ2v) is 6.61. The third-order valence-corrected chi connectivity index (χ3v) is 4.33. The zero-order valence-electron chi connectivity index (χ0n) is 14.7. The van der Waals surface area contributed by atoms with E-state index in [1.165, 1.54) is 10.5 Å². The van der Waals surface area contributed by atoms with Gasteiger partial charge in [-0.25, -0.2) is 0 Å². The minimum atomic E-state index is -0.246. The Kier molecular flexibility index (Phi) is 6.97. The molecule has 0 unspecified atom stereocenters. The minimum absolute atomic E-state index is 0.00232. The first kappa shape index (κ1) is 19.0. The van der Waals surface area contributed by atoms with Crippen LogP contribution in [0.2, 0.25) is 0 Å². The number of benzene rings is 1. The zero-order valence-corrected chi connectivity index (χ0v) is 15.5. The first-order valence-corrected chi connectivity index (χ1v) is 8.79. The van der Waals surface area contributed by atoms with Gasteiger partial charge in [-0.2, -0.15) is 11.3 Å².